The molecule has 0 saturated heterocycles. The molecule has 0 fully saturated rings. The van der Waals surface area contributed by atoms with Crippen LogP contribution in [-0.2, 0) is 6.54 Å². The van der Waals surface area contributed by atoms with Crippen LogP contribution in [0.25, 0.3) is 0 Å². The number of anilines is 2. The van der Waals surface area contributed by atoms with Crippen LogP contribution in [0.5, 0.6) is 0 Å². The van der Waals surface area contributed by atoms with Crippen LogP contribution >= 0.6 is 0 Å². The Labute approximate surface area is 115 Å². The summed E-state index contributed by atoms with van der Waals surface area (Å²) in [7, 11) is 0. The second-order valence-corrected chi connectivity index (χ2v) is 5.04. The van der Waals surface area contributed by atoms with E-state index < -0.39 is 0 Å². The van der Waals surface area contributed by atoms with Gasteiger partial charge in [0.1, 0.15) is 0 Å². The Balaban J connectivity index is 2.28. The lowest BCUT2D eigenvalue weighted by molar-refractivity contribution is 0.827. The van der Waals surface area contributed by atoms with Crippen molar-refractivity contribution in [3.8, 4) is 0 Å². The number of aryl methyl sites for hydroxylation is 2. The van der Waals surface area contributed by atoms with Crippen molar-refractivity contribution in [2.24, 2.45) is 0 Å². The van der Waals surface area contributed by atoms with Gasteiger partial charge in [-0.1, -0.05) is 24.3 Å². The summed E-state index contributed by atoms with van der Waals surface area (Å²) in [6.45, 7) is 8.31. The molecule has 0 unspecified atom stereocenters. The average Bonchev–Trinajstić information content (AvgIpc) is 2.36. The largest absolute Gasteiger partial charge is 0.399 e. The van der Waals surface area contributed by atoms with Crippen molar-refractivity contribution in [3.05, 3.63) is 59.2 Å². The summed E-state index contributed by atoms with van der Waals surface area (Å²) < 4.78 is 0. The lowest BCUT2D eigenvalue weighted by atomic mass is 10.1. The molecule has 0 aliphatic carbocycles. The molecule has 0 bridgehead atoms. The molecule has 0 radical (unpaired) electrons. The van der Waals surface area contributed by atoms with Gasteiger partial charge < -0.3 is 10.6 Å². The normalized spacial score (nSPS) is 10.5. The second-order valence-electron chi connectivity index (χ2n) is 5.04. The molecule has 2 aromatic carbocycles. The van der Waals surface area contributed by atoms with Crippen molar-refractivity contribution >= 4 is 11.4 Å². The molecule has 19 heavy (non-hydrogen) atoms. The van der Waals surface area contributed by atoms with Gasteiger partial charge in [0.15, 0.2) is 0 Å². The fraction of sp³-hybridized carbons (Fsp3) is 0.294. The van der Waals surface area contributed by atoms with Crippen molar-refractivity contribution in [2.45, 2.75) is 27.3 Å². The average molecular weight is 254 g/mol. The molecule has 2 heteroatoms. The maximum atomic E-state index is 5.95. The van der Waals surface area contributed by atoms with E-state index in [1.54, 1.807) is 0 Å². The number of nitrogen functional groups attached to an aromatic ring is 1. The van der Waals surface area contributed by atoms with E-state index >= 15 is 0 Å². The van der Waals surface area contributed by atoms with Gasteiger partial charge >= 0.3 is 0 Å². The van der Waals surface area contributed by atoms with E-state index in [2.05, 4.69) is 62.1 Å². The van der Waals surface area contributed by atoms with E-state index in [1.807, 2.05) is 6.07 Å². The number of nitrogens with zero attached hydrogens (tertiary/aromatic N) is 1. The van der Waals surface area contributed by atoms with Crippen LogP contribution in [0.3, 0.4) is 0 Å². The smallest absolute Gasteiger partial charge is 0.0431 e. The van der Waals surface area contributed by atoms with Crippen LogP contribution in [0.15, 0.2) is 42.5 Å². The van der Waals surface area contributed by atoms with Gasteiger partial charge in [-0.2, -0.15) is 0 Å². The first kappa shape index (κ1) is 13.5. The number of hydrogen-bond donors (Lipinski definition) is 1. The maximum Gasteiger partial charge on any atom is 0.0431 e. The van der Waals surface area contributed by atoms with E-state index in [4.69, 9.17) is 5.73 Å². The fourth-order valence-corrected chi connectivity index (χ4v) is 2.35. The highest BCUT2D eigenvalue weighted by molar-refractivity contribution is 5.58. The van der Waals surface area contributed by atoms with Gasteiger partial charge in [0.05, 0.1) is 0 Å². The quantitative estimate of drug-likeness (QED) is 0.838. The molecule has 0 amide bonds. The van der Waals surface area contributed by atoms with Crippen molar-refractivity contribution < 1.29 is 0 Å². The highest BCUT2D eigenvalue weighted by atomic mass is 15.1. The predicted molar refractivity (Wildman–Crippen MR) is 83.5 cm³/mol. The van der Waals surface area contributed by atoms with E-state index in [1.165, 1.54) is 22.4 Å². The third kappa shape index (κ3) is 3.28. The maximum absolute atomic E-state index is 5.95. The molecular weight excluding hydrogens is 232 g/mol. The molecule has 0 spiro atoms. The molecule has 2 rings (SSSR count). The van der Waals surface area contributed by atoms with Crippen LogP contribution < -0.4 is 10.6 Å². The Morgan fingerprint density at radius 3 is 2.42 bits per heavy atom. The number of benzene rings is 2. The Morgan fingerprint density at radius 1 is 1.05 bits per heavy atom. The molecule has 2 nitrogen and oxygen atoms in total. The van der Waals surface area contributed by atoms with Crippen LogP contribution in [0.4, 0.5) is 11.4 Å². The number of nitrogens with two attached hydrogens (primary N) is 1. The minimum atomic E-state index is 0.832. The third-order valence-corrected chi connectivity index (χ3v) is 3.45. The molecule has 2 aromatic rings. The molecule has 2 N–H and O–H groups in total. The fourth-order valence-electron chi connectivity index (χ4n) is 2.35. The Morgan fingerprint density at radius 2 is 1.79 bits per heavy atom. The van der Waals surface area contributed by atoms with E-state index in [9.17, 15) is 0 Å². The standard InChI is InChI=1S/C17H22N2/c1-4-19(12-15-8-6-5-7-14(15)3)17-10-13(2)9-16(18)11-17/h5-11H,4,12,18H2,1-3H3. The van der Waals surface area contributed by atoms with E-state index in [0.717, 1.165) is 18.8 Å². The van der Waals surface area contributed by atoms with Crippen LogP contribution in [0, 0.1) is 13.8 Å². The minimum absolute atomic E-state index is 0.832. The second kappa shape index (κ2) is 5.79. The van der Waals surface area contributed by atoms with Gasteiger partial charge in [0.25, 0.3) is 0 Å². The first-order valence-corrected chi connectivity index (χ1v) is 6.76. The van der Waals surface area contributed by atoms with E-state index in [-0.39, 0.29) is 0 Å². The zero-order chi connectivity index (χ0) is 13.8. The number of hydrogen-bond acceptors (Lipinski definition) is 2. The third-order valence-electron chi connectivity index (χ3n) is 3.45. The predicted octanol–water partition coefficient (Wildman–Crippen LogP) is 3.91. The summed E-state index contributed by atoms with van der Waals surface area (Å²) in [5.74, 6) is 0. The first-order chi connectivity index (χ1) is 9.10. The van der Waals surface area contributed by atoms with Gasteiger partial charge in [-0.3, -0.25) is 0 Å². The molecule has 100 valence electrons. The molecular formula is C17H22N2. The molecule has 0 aliphatic heterocycles. The zero-order valence-electron chi connectivity index (χ0n) is 12.0. The van der Waals surface area contributed by atoms with Crippen LogP contribution in [-0.4, -0.2) is 6.54 Å². The first-order valence-electron chi connectivity index (χ1n) is 6.76. The molecule has 0 aliphatic rings. The van der Waals surface area contributed by atoms with Gasteiger partial charge in [-0.15, -0.1) is 0 Å². The van der Waals surface area contributed by atoms with Crippen LogP contribution in [0.2, 0.25) is 0 Å². The minimum Gasteiger partial charge on any atom is -0.399 e. The van der Waals surface area contributed by atoms with Crippen molar-refractivity contribution in [1.29, 1.82) is 0 Å². The Hall–Kier alpha value is -1.96. The number of rotatable bonds is 4. The van der Waals surface area contributed by atoms with Gasteiger partial charge in [-0.05, 0) is 55.7 Å². The van der Waals surface area contributed by atoms with Crippen LogP contribution in [0.1, 0.15) is 23.6 Å². The summed E-state index contributed by atoms with van der Waals surface area (Å²) >= 11 is 0. The highest BCUT2D eigenvalue weighted by Gasteiger charge is 2.08. The van der Waals surface area contributed by atoms with Crippen molar-refractivity contribution in [3.63, 3.8) is 0 Å². The monoisotopic (exact) mass is 254 g/mol. The Bertz CT molecular complexity index is 541. The highest BCUT2D eigenvalue weighted by Crippen LogP contribution is 2.23. The Kier molecular flexibility index (Phi) is 4.10. The van der Waals surface area contributed by atoms with Gasteiger partial charge in [0, 0.05) is 24.5 Å². The lowest BCUT2D eigenvalue weighted by Gasteiger charge is -2.25. The molecule has 0 heterocycles. The summed E-state index contributed by atoms with van der Waals surface area (Å²) in [6.07, 6.45) is 0. The summed E-state index contributed by atoms with van der Waals surface area (Å²) in [5, 5.41) is 0. The van der Waals surface area contributed by atoms with Gasteiger partial charge in [-0.25, -0.2) is 0 Å². The van der Waals surface area contributed by atoms with Gasteiger partial charge in [0.2, 0.25) is 0 Å². The lowest BCUT2D eigenvalue weighted by Crippen LogP contribution is -2.22. The summed E-state index contributed by atoms with van der Waals surface area (Å²) in [6, 6.07) is 14.8. The molecule has 0 aromatic heterocycles. The summed E-state index contributed by atoms with van der Waals surface area (Å²) in [4.78, 5) is 2.35. The zero-order valence-corrected chi connectivity index (χ0v) is 12.0. The SMILES string of the molecule is CCN(Cc1ccccc1C)c1cc(C)cc(N)c1. The summed E-state index contributed by atoms with van der Waals surface area (Å²) in [5.41, 5.74) is 11.9. The molecule has 0 atom stereocenters. The molecule has 0 saturated carbocycles. The van der Waals surface area contributed by atoms with Crippen molar-refractivity contribution in [1.82, 2.24) is 0 Å². The van der Waals surface area contributed by atoms with E-state index in [0.29, 0.717) is 0 Å². The topological polar surface area (TPSA) is 29.3 Å². The van der Waals surface area contributed by atoms with Crippen molar-refractivity contribution in [2.75, 3.05) is 17.2 Å².